The molecule has 6 nitrogen and oxygen atoms in total. The molecular formula is C20H27N5OS. The summed E-state index contributed by atoms with van der Waals surface area (Å²) in [6.07, 6.45) is 6.15. The minimum Gasteiger partial charge on any atom is -0.384 e. The molecule has 1 saturated heterocycles. The lowest BCUT2D eigenvalue weighted by Crippen LogP contribution is -2.36. The first kappa shape index (κ1) is 18.4. The van der Waals surface area contributed by atoms with Gasteiger partial charge in [-0.3, -0.25) is 9.69 Å². The predicted octanol–water partition coefficient (Wildman–Crippen LogP) is 2.59. The lowest BCUT2D eigenvalue weighted by molar-refractivity contribution is 0.0784. The van der Waals surface area contributed by atoms with Crippen LogP contribution in [0.4, 0.5) is 5.82 Å². The number of anilines is 1. The Balaban J connectivity index is 1.38. The summed E-state index contributed by atoms with van der Waals surface area (Å²) in [5.74, 6) is 2.14. The number of carbonyl (C=O) groups excluding carboxylic acids is 1. The Kier molecular flexibility index (Phi) is 5.14. The molecule has 2 atom stereocenters. The van der Waals surface area contributed by atoms with Crippen LogP contribution in [0.3, 0.4) is 0 Å². The Morgan fingerprint density at radius 3 is 3.11 bits per heavy atom. The van der Waals surface area contributed by atoms with Crippen LogP contribution in [0.15, 0.2) is 18.3 Å². The summed E-state index contributed by atoms with van der Waals surface area (Å²) in [4.78, 5) is 28.1. The van der Waals surface area contributed by atoms with Crippen molar-refractivity contribution in [1.29, 1.82) is 0 Å². The number of thiophene rings is 1. The van der Waals surface area contributed by atoms with Gasteiger partial charge in [-0.15, -0.1) is 11.3 Å². The highest BCUT2D eigenvalue weighted by atomic mass is 32.1. The molecule has 0 aromatic carbocycles. The van der Waals surface area contributed by atoms with Crippen molar-refractivity contribution in [3.05, 3.63) is 39.5 Å². The van der Waals surface area contributed by atoms with Crippen molar-refractivity contribution in [1.82, 2.24) is 19.8 Å². The van der Waals surface area contributed by atoms with E-state index in [0.29, 0.717) is 18.4 Å². The molecule has 4 rings (SSSR count). The lowest BCUT2D eigenvalue weighted by atomic mass is 9.90. The fourth-order valence-corrected chi connectivity index (χ4v) is 5.27. The molecule has 0 unspecified atom stereocenters. The maximum absolute atomic E-state index is 13.0. The number of nitrogens with two attached hydrogens (primary N) is 1. The fraction of sp³-hybridized carbons (Fsp3) is 0.550. The third-order valence-corrected chi connectivity index (χ3v) is 6.96. The highest BCUT2D eigenvalue weighted by Gasteiger charge is 2.31. The van der Waals surface area contributed by atoms with Gasteiger partial charge in [0.15, 0.2) is 0 Å². The van der Waals surface area contributed by atoms with Gasteiger partial charge in [-0.2, -0.15) is 0 Å². The van der Waals surface area contributed by atoms with E-state index in [1.165, 1.54) is 16.9 Å². The monoisotopic (exact) mass is 385 g/mol. The largest absolute Gasteiger partial charge is 0.384 e. The maximum Gasteiger partial charge on any atom is 0.263 e. The van der Waals surface area contributed by atoms with E-state index >= 15 is 0 Å². The normalized spacial score (nSPS) is 22.3. The van der Waals surface area contributed by atoms with Gasteiger partial charge in [-0.05, 0) is 56.3 Å². The van der Waals surface area contributed by atoms with Gasteiger partial charge in [0, 0.05) is 30.2 Å². The van der Waals surface area contributed by atoms with E-state index in [4.69, 9.17) is 5.73 Å². The SMILES string of the molecule is C[C@@H]1CCc2sc(C(=O)N3CC[C@@H](N(C)Cc4nccc(N)n4)C3)cc2C1. The number of hydrogen-bond acceptors (Lipinski definition) is 6. The van der Waals surface area contributed by atoms with Crippen molar-refractivity contribution in [2.75, 3.05) is 25.9 Å². The minimum absolute atomic E-state index is 0.193. The van der Waals surface area contributed by atoms with Crippen LogP contribution in [0, 0.1) is 5.92 Å². The predicted molar refractivity (Wildman–Crippen MR) is 108 cm³/mol. The molecule has 0 saturated carbocycles. The number of aromatic nitrogens is 2. The van der Waals surface area contributed by atoms with Crippen molar-refractivity contribution < 1.29 is 4.79 Å². The van der Waals surface area contributed by atoms with E-state index in [1.54, 1.807) is 23.6 Å². The molecule has 0 bridgehead atoms. The molecule has 7 heteroatoms. The standard InChI is InChI=1S/C20H27N5OS/c1-13-3-4-16-14(9-13)10-17(27-16)20(26)25-8-6-15(11-25)24(2)12-19-22-7-5-18(21)23-19/h5,7,10,13,15H,3-4,6,8-9,11-12H2,1-2H3,(H2,21,22,23)/t13-,15-/m1/s1. The molecule has 1 fully saturated rings. The van der Waals surface area contributed by atoms with Crippen LogP contribution < -0.4 is 5.73 Å². The lowest BCUT2D eigenvalue weighted by Gasteiger charge is -2.23. The van der Waals surface area contributed by atoms with E-state index in [-0.39, 0.29) is 5.91 Å². The molecule has 2 aliphatic rings. The third kappa shape index (κ3) is 3.99. The van der Waals surface area contributed by atoms with Crippen molar-refractivity contribution in [3.8, 4) is 0 Å². The number of rotatable bonds is 4. The van der Waals surface area contributed by atoms with Crippen LogP contribution in [0.5, 0.6) is 0 Å². The molecule has 2 aromatic rings. The van der Waals surface area contributed by atoms with Gasteiger partial charge in [0.2, 0.25) is 0 Å². The third-order valence-electron chi connectivity index (χ3n) is 5.73. The van der Waals surface area contributed by atoms with Crippen LogP contribution >= 0.6 is 11.3 Å². The van der Waals surface area contributed by atoms with Crippen LogP contribution in [0.25, 0.3) is 0 Å². The van der Waals surface area contributed by atoms with Gasteiger partial charge in [0.1, 0.15) is 11.6 Å². The Labute approximate surface area is 164 Å². The summed E-state index contributed by atoms with van der Waals surface area (Å²) < 4.78 is 0. The Morgan fingerprint density at radius 2 is 2.30 bits per heavy atom. The molecule has 1 aliphatic heterocycles. The summed E-state index contributed by atoms with van der Waals surface area (Å²) in [5, 5.41) is 0. The smallest absolute Gasteiger partial charge is 0.263 e. The first-order valence-electron chi connectivity index (χ1n) is 9.68. The molecule has 144 valence electrons. The Morgan fingerprint density at radius 1 is 1.44 bits per heavy atom. The zero-order valence-corrected chi connectivity index (χ0v) is 16.8. The van der Waals surface area contributed by atoms with Gasteiger partial charge in [0.05, 0.1) is 11.4 Å². The maximum atomic E-state index is 13.0. The van der Waals surface area contributed by atoms with Gasteiger partial charge in [-0.1, -0.05) is 6.92 Å². The quantitative estimate of drug-likeness (QED) is 0.875. The van der Waals surface area contributed by atoms with Crippen LogP contribution in [0.2, 0.25) is 0 Å². The Bertz CT molecular complexity index is 836. The van der Waals surface area contributed by atoms with Crippen molar-refractivity contribution in [3.63, 3.8) is 0 Å². The van der Waals surface area contributed by atoms with E-state index in [0.717, 1.165) is 49.0 Å². The highest BCUT2D eigenvalue weighted by Crippen LogP contribution is 2.33. The summed E-state index contributed by atoms with van der Waals surface area (Å²) >= 11 is 1.71. The Hall–Kier alpha value is -1.99. The summed E-state index contributed by atoms with van der Waals surface area (Å²) in [7, 11) is 2.07. The van der Waals surface area contributed by atoms with Crippen LogP contribution in [-0.4, -0.2) is 51.9 Å². The first-order valence-corrected chi connectivity index (χ1v) is 10.5. The van der Waals surface area contributed by atoms with Crippen molar-refractivity contribution >= 4 is 23.1 Å². The van der Waals surface area contributed by atoms with Gasteiger partial charge in [0.25, 0.3) is 5.91 Å². The number of nitrogen functional groups attached to an aromatic ring is 1. The van der Waals surface area contributed by atoms with Crippen LogP contribution in [-0.2, 0) is 19.4 Å². The average Bonchev–Trinajstić information content (AvgIpc) is 3.28. The minimum atomic E-state index is 0.193. The molecule has 0 spiro atoms. The first-order chi connectivity index (χ1) is 13.0. The number of hydrogen-bond donors (Lipinski definition) is 1. The number of carbonyl (C=O) groups is 1. The number of aryl methyl sites for hydroxylation is 1. The zero-order chi connectivity index (χ0) is 19.0. The van der Waals surface area contributed by atoms with E-state index in [9.17, 15) is 4.79 Å². The highest BCUT2D eigenvalue weighted by molar-refractivity contribution is 7.14. The number of likely N-dealkylation sites (tertiary alicyclic amines) is 1. The average molecular weight is 386 g/mol. The van der Waals surface area contributed by atoms with Crippen molar-refractivity contribution in [2.45, 2.75) is 45.2 Å². The van der Waals surface area contributed by atoms with Gasteiger partial charge >= 0.3 is 0 Å². The van der Waals surface area contributed by atoms with Crippen molar-refractivity contribution in [2.24, 2.45) is 5.92 Å². The van der Waals surface area contributed by atoms with E-state index in [2.05, 4.69) is 34.9 Å². The number of amides is 1. The number of likely N-dealkylation sites (N-methyl/N-ethyl adjacent to an activating group) is 1. The molecular weight excluding hydrogens is 358 g/mol. The zero-order valence-electron chi connectivity index (χ0n) is 16.0. The van der Waals surface area contributed by atoms with Crippen LogP contribution in [0.1, 0.15) is 45.7 Å². The molecule has 2 N–H and O–H groups in total. The number of nitrogens with zero attached hydrogens (tertiary/aromatic N) is 4. The second-order valence-corrected chi connectivity index (χ2v) is 9.05. The molecule has 1 amide bonds. The van der Waals surface area contributed by atoms with Gasteiger partial charge < -0.3 is 10.6 Å². The molecule has 1 aliphatic carbocycles. The fourth-order valence-electron chi connectivity index (χ4n) is 4.10. The molecule has 2 aromatic heterocycles. The van der Waals surface area contributed by atoms with E-state index in [1.807, 2.05) is 4.90 Å². The molecule has 3 heterocycles. The second kappa shape index (κ2) is 7.56. The van der Waals surface area contributed by atoms with Gasteiger partial charge in [-0.25, -0.2) is 9.97 Å². The number of fused-ring (bicyclic) bond motifs is 1. The summed E-state index contributed by atoms with van der Waals surface area (Å²) in [6, 6.07) is 4.17. The topological polar surface area (TPSA) is 75.4 Å². The molecule has 27 heavy (non-hydrogen) atoms. The summed E-state index contributed by atoms with van der Waals surface area (Å²) in [5.41, 5.74) is 7.14. The van der Waals surface area contributed by atoms with E-state index < -0.39 is 0 Å². The molecule has 0 radical (unpaired) electrons. The summed E-state index contributed by atoms with van der Waals surface area (Å²) in [6.45, 7) is 4.51. The second-order valence-electron chi connectivity index (χ2n) is 7.91.